The van der Waals surface area contributed by atoms with Crippen LogP contribution in [0.5, 0.6) is 0 Å². The second-order valence-electron chi connectivity index (χ2n) is 6.54. The van der Waals surface area contributed by atoms with Gasteiger partial charge in [-0.05, 0) is 23.6 Å². The first kappa shape index (κ1) is 16.3. The summed E-state index contributed by atoms with van der Waals surface area (Å²) in [6.45, 7) is 3.64. The Morgan fingerprint density at radius 3 is 2.88 bits per heavy atom. The lowest BCUT2D eigenvalue weighted by atomic mass is 10.2. The molecule has 0 amide bonds. The number of sulfonamides is 1. The van der Waals surface area contributed by atoms with Gasteiger partial charge in [0, 0.05) is 30.8 Å². The lowest BCUT2D eigenvalue weighted by molar-refractivity contribution is 0.203. The second kappa shape index (κ2) is 6.29. The van der Waals surface area contributed by atoms with Gasteiger partial charge in [0.15, 0.2) is 0 Å². The van der Waals surface area contributed by atoms with Crippen LogP contribution >= 0.6 is 0 Å². The van der Waals surface area contributed by atoms with E-state index < -0.39 is 10.0 Å². The molecule has 3 aromatic rings. The number of aromatic amines is 1. The fraction of sp³-hybridized carbons (Fsp3) is 0.353. The first-order valence-electron chi connectivity index (χ1n) is 8.25. The van der Waals surface area contributed by atoms with Crippen LogP contribution in [0.1, 0.15) is 17.1 Å². The van der Waals surface area contributed by atoms with Crippen molar-refractivity contribution in [2.24, 2.45) is 0 Å². The minimum absolute atomic E-state index is 0.237. The maximum atomic E-state index is 11.2. The van der Waals surface area contributed by atoms with Gasteiger partial charge in [-0.3, -0.25) is 9.58 Å². The summed E-state index contributed by atoms with van der Waals surface area (Å²) >= 11 is 0. The maximum Gasteiger partial charge on any atom is 0.209 e. The van der Waals surface area contributed by atoms with Gasteiger partial charge in [-0.2, -0.15) is 5.10 Å². The van der Waals surface area contributed by atoms with Crippen molar-refractivity contribution in [1.82, 2.24) is 24.4 Å². The molecule has 0 aliphatic carbocycles. The molecule has 0 atom stereocenters. The van der Waals surface area contributed by atoms with E-state index in [2.05, 4.69) is 37.9 Å². The van der Waals surface area contributed by atoms with Gasteiger partial charge in [0.25, 0.3) is 0 Å². The van der Waals surface area contributed by atoms with Crippen molar-refractivity contribution in [3.8, 4) is 0 Å². The summed E-state index contributed by atoms with van der Waals surface area (Å²) in [4.78, 5) is 5.84. The third-order valence-corrected chi connectivity index (χ3v) is 5.09. The summed E-state index contributed by atoms with van der Waals surface area (Å²) in [6, 6.07) is 12.5. The SMILES string of the molecule is CS(=O)(=O)NCc1cc2n(n1)CCN(Cc1cc3ccccc3[nH]1)C2. The summed E-state index contributed by atoms with van der Waals surface area (Å²) in [5.74, 6) is 0. The summed E-state index contributed by atoms with van der Waals surface area (Å²) in [6.07, 6.45) is 1.16. The normalized spacial score (nSPS) is 15.6. The van der Waals surface area contributed by atoms with E-state index in [9.17, 15) is 8.42 Å². The standard InChI is InChI=1S/C17H21N5O2S/c1-25(23,24)18-10-14-9-16-12-21(6-7-22(16)20-14)11-15-8-13-4-2-3-5-17(13)19-15/h2-5,8-9,18-19H,6-7,10-12H2,1H3. The third kappa shape index (κ3) is 3.76. The highest BCUT2D eigenvalue weighted by Crippen LogP contribution is 2.19. The van der Waals surface area contributed by atoms with E-state index >= 15 is 0 Å². The highest BCUT2D eigenvalue weighted by atomic mass is 32.2. The van der Waals surface area contributed by atoms with Gasteiger partial charge >= 0.3 is 0 Å². The van der Waals surface area contributed by atoms with Crippen LogP contribution in [0.15, 0.2) is 36.4 Å². The van der Waals surface area contributed by atoms with Crippen LogP contribution in [0.3, 0.4) is 0 Å². The Hall–Kier alpha value is -2.16. The largest absolute Gasteiger partial charge is 0.357 e. The molecule has 2 aromatic heterocycles. The monoisotopic (exact) mass is 359 g/mol. The number of nitrogens with zero attached hydrogens (tertiary/aromatic N) is 3. The van der Waals surface area contributed by atoms with Crippen LogP contribution in [-0.2, 0) is 36.2 Å². The highest BCUT2D eigenvalue weighted by Gasteiger charge is 2.19. The number of aromatic nitrogens is 3. The Bertz CT molecular complexity index is 972. The number of hydrogen-bond acceptors (Lipinski definition) is 4. The van der Waals surface area contributed by atoms with E-state index in [1.54, 1.807) is 0 Å². The minimum Gasteiger partial charge on any atom is -0.357 e. The molecule has 8 heteroatoms. The lowest BCUT2D eigenvalue weighted by Gasteiger charge is -2.26. The van der Waals surface area contributed by atoms with Gasteiger partial charge < -0.3 is 4.98 Å². The van der Waals surface area contributed by atoms with Gasteiger partial charge in [-0.1, -0.05) is 18.2 Å². The molecule has 1 aliphatic rings. The molecule has 0 unspecified atom stereocenters. The van der Waals surface area contributed by atoms with Crippen molar-refractivity contribution in [3.63, 3.8) is 0 Å². The average Bonchev–Trinajstić information content (AvgIpc) is 3.14. The van der Waals surface area contributed by atoms with E-state index in [0.717, 1.165) is 49.3 Å². The highest BCUT2D eigenvalue weighted by molar-refractivity contribution is 7.88. The number of hydrogen-bond donors (Lipinski definition) is 2. The molecule has 0 fully saturated rings. The summed E-state index contributed by atoms with van der Waals surface area (Å²) < 4.78 is 26.9. The quantitative estimate of drug-likeness (QED) is 0.722. The Balaban J connectivity index is 1.44. The van der Waals surface area contributed by atoms with Crippen LogP contribution < -0.4 is 4.72 Å². The van der Waals surface area contributed by atoms with Crippen LogP contribution in [-0.4, -0.2) is 40.9 Å². The molecule has 0 saturated carbocycles. The number of nitrogens with one attached hydrogen (secondary N) is 2. The van der Waals surface area contributed by atoms with Crippen molar-refractivity contribution in [1.29, 1.82) is 0 Å². The van der Waals surface area contributed by atoms with Crippen molar-refractivity contribution in [3.05, 3.63) is 53.5 Å². The molecule has 2 N–H and O–H groups in total. The Morgan fingerprint density at radius 2 is 2.08 bits per heavy atom. The molecule has 132 valence electrons. The number of benzene rings is 1. The molecule has 0 saturated heterocycles. The molecule has 25 heavy (non-hydrogen) atoms. The summed E-state index contributed by atoms with van der Waals surface area (Å²) in [7, 11) is -3.20. The lowest BCUT2D eigenvalue weighted by Crippen LogP contribution is -2.33. The zero-order valence-corrected chi connectivity index (χ0v) is 14.9. The predicted octanol–water partition coefficient (Wildman–Crippen LogP) is 1.43. The smallest absolute Gasteiger partial charge is 0.209 e. The van der Waals surface area contributed by atoms with Gasteiger partial charge in [-0.15, -0.1) is 0 Å². The van der Waals surface area contributed by atoms with Gasteiger partial charge in [0.1, 0.15) is 0 Å². The molecule has 7 nitrogen and oxygen atoms in total. The zero-order chi connectivity index (χ0) is 17.4. The maximum absolute atomic E-state index is 11.2. The molecule has 1 aromatic carbocycles. The molecule has 3 heterocycles. The molecular formula is C17H21N5O2S. The number of fused-ring (bicyclic) bond motifs is 2. The van der Waals surface area contributed by atoms with Gasteiger partial charge in [-0.25, -0.2) is 13.1 Å². The Kier molecular flexibility index (Phi) is 4.10. The molecule has 4 rings (SSSR count). The number of para-hydroxylation sites is 1. The summed E-state index contributed by atoms with van der Waals surface area (Å²) in [5, 5.41) is 5.72. The third-order valence-electron chi connectivity index (χ3n) is 4.42. The van der Waals surface area contributed by atoms with Gasteiger partial charge in [0.05, 0.1) is 30.7 Å². The van der Waals surface area contributed by atoms with E-state index in [4.69, 9.17) is 0 Å². The number of H-pyrrole nitrogens is 1. The fourth-order valence-electron chi connectivity index (χ4n) is 3.27. The van der Waals surface area contributed by atoms with Crippen LogP contribution in [0, 0.1) is 0 Å². The molecule has 0 bridgehead atoms. The first-order chi connectivity index (χ1) is 12.0. The van der Waals surface area contributed by atoms with E-state index in [1.165, 1.54) is 11.1 Å². The Labute approximate surface area is 146 Å². The Morgan fingerprint density at radius 1 is 1.24 bits per heavy atom. The number of rotatable bonds is 5. The first-order valence-corrected chi connectivity index (χ1v) is 10.1. The molecule has 0 spiro atoms. The van der Waals surface area contributed by atoms with Crippen molar-refractivity contribution in [2.45, 2.75) is 26.2 Å². The van der Waals surface area contributed by atoms with Crippen molar-refractivity contribution in [2.75, 3.05) is 12.8 Å². The average molecular weight is 359 g/mol. The van der Waals surface area contributed by atoms with Crippen LogP contribution in [0.25, 0.3) is 10.9 Å². The van der Waals surface area contributed by atoms with Crippen molar-refractivity contribution < 1.29 is 8.42 Å². The van der Waals surface area contributed by atoms with E-state index in [0.29, 0.717) is 0 Å². The molecule has 1 aliphatic heterocycles. The molecule has 0 radical (unpaired) electrons. The predicted molar refractivity (Wildman–Crippen MR) is 96.3 cm³/mol. The van der Waals surface area contributed by atoms with Crippen molar-refractivity contribution >= 4 is 20.9 Å². The molecular weight excluding hydrogens is 338 g/mol. The fourth-order valence-corrected chi connectivity index (χ4v) is 3.68. The van der Waals surface area contributed by atoms with E-state index in [1.807, 2.05) is 22.9 Å². The van der Waals surface area contributed by atoms with Gasteiger partial charge in [0.2, 0.25) is 10.0 Å². The van der Waals surface area contributed by atoms with E-state index in [-0.39, 0.29) is 6.54 Å². The summed E-state index contributed by atoms with van der Waals surface area (Å²) in [5.41, 5.74) is 4.24. The topological polar surface area (TPSA) is 83.0 Å². The van der Waals surface area contributed by atoms with Crippen LogP contribution in [0.4, 0.5) is 0 Å². The van der Waals surface area contributed by atoms with Crippen LogP contribution in [0.2, 0.25) is 0 Å². The zero-order valence-electron chi connectivity index (χ0n) is 14.1. The minimum atomic E-state index is -3.20. The second-order valence-corrected chi connectivity index (χ2v) is 8.37.